The smallest absolute Gasteiger partial charge is 0.355 e. The van der Waals surface area contributed by atoms with Crippen molar-refractivity contribution < 1.29 is 31.2 Å². The first kappa shape index (κ1) is 29.2. The summed E-state index contributed by atoms with van der Waals surface area (Å²) >= 11 is 0. The summed E-state index contributed by atoms with van der Waals surface area (Å²) in [5.74, 6) is -0.687. The number of likely N-dealkylation sites (N-methyl/N-ethyl adjacent to an activating group) is 1. The van der Waals surface area contributed by atoms with Crippen molar-refractivity contribution in [3.05, 3.63) is 65.2 Å². The van der Waals surface area contributed by atoms with Crippen LogP contribution < -0.4 is 9.62 Å². The molecule has 0 fully saturated rings. The lowest BCUT2D eigenvalue weighted by atomic mass is 10.1. The van der Waals surface area contributed by atoms with Gasteiger partial charge in [-0.3, -0.25) is 13.9 Å². The summed E-state index contributed by atoms with van der Waals surface area (Å²) in [5, 5.41) is 2.70. The molecular weight excluding hydrogens is 495 g/mol. The number of amides is 2. The number of anilines is 1. The number of nitrogens with one attached hydrogen (secondary N) is 1. The largest absolute Gasteiger partial charge is 0.416 e. The predicted octanol–water partition coefficient (Wildman–Crippen LogP) is 4.11. The van der Waals surface area contributed by atoms with Crippen LogP contribution in [0.15, 0.2) is 48.5 Å². The molecule has 0 aromatic heterocycles. The van der Waals surface area contributed by atoms with Crippen molar-refractivity contribution in [3.63, 3.8) is 0 Å². The van der Waals surface area contributed by atoms with E-state index in [1.54, 1.807) is 13.8 Å². The van der Waals surface area contributed by atoms with Crippen LogP contribution >= 0.6 is 0 Å². The van der Waals surface area contributed by atoms with Gasteiger partial charge in [-0.15, -0.1) is 0 Å². The van der Waals surface area contributed by atoms with Gasteiger partial charge in [0.1, 0.15) is 6.04 Å². The number of carbonyl (C=O) groups is 2. The molecule has 0 aliphatic carbocycles. The van der Waals surface area contributed by atoms with E-state index in [0.717, 1.165) is 39.9 Å². The number of aryl methyl sites for hydroxylation is 1. The van der Waals surface area contributed by atoms with Crippen LogP contribution in [0.1, 0.15) is 43.4 Å². The Morgan fingerprint density at radius 3 is 2.33 bits per heavy atom. The second kappa shape index (κ2) is 12.2. The van der Waals surface area contributed by atoms with Crippen molar-refractivity contribution in [1.82, 2.24) is 10.2 Å². The summed E-state index contributed by atoms with van der Waals surface area (Å²) < 4.78 is 64.9. The molecule has 0 aliphatic heterocycles. The Hall–Kier alpha value is -3.08. The van der Waals surface area contributed by atoms with Gasteiger partial charge in [-0.2, -0.15) is 13.2 Å². The third-order valence-corrected chi connectivity index (χ3v) is 6.76. The van der Waals surface area contributed by atoms with E-state index in [4.69, 9.17) is 0 Å². The SMILES string of the molecule is CCNC(=O)C(C)N(Cc1cccc(C)c1)C(=O)CCCN(c1cccc(C(F)(F)F)c1)S(C)(=O)=O. The average Bonchev–Trinajstić information content (AvgIpc) is 2.78. The minimum absolute atomic E-state index is 0.0502. The van der Waals surface area contributed by atoms with Gasteiger partial charge in [-0.1, -0.05) is 35.9 Å². The first-order chi connectivity index (χ1) is 16.7. The van der Waals surface area contributed by atoms with Gasteiger partial charge in [0.05, 0.1) is 17.5 Å². The van der Waals surface area contributed by atoms with Gasteiger partial charge in [0.2, 0.25) is 21.8 Å². The Morgan fingerprint density at radius 2 is 1.75 bits per heavy atom. The Labute approximate surface area is 210 Å². The summed E-state index contributed by atoms with van der Waals surface area (Å²) in [4.78, 5) is 27.1. The maximum atomic E-state index is 13.2. The highest BCUT2D eigenvalue weighted by Gasteiger charge is 2.32. The van der Waals surface area contributed by atoms with Crippen LogP contribution in [0.5, 0.6) is 0 Å². The molecule has 1 atom stereocenters. The van der Waals surface area contributed by atoms with Crippen molar-refractivity contribution in [1.29, 1.82) is 0 Å². The fraction of sp³-hybridized carbons (Fsp3) is 0.440. The van der Waals surface area contributed by atoms with Gasteiger partial charge in [0.15, 0.2) is 0 Å². The summed E-state index contributed by atoms with van der Waals surface area (Å²) in [6, 6.07) is 10.8. The van der Waals surface area contributed by atoms with Crippen molar-refractivity contribution in [2.24, 2.45) is 0 Å². The minimum atomic E-state index is -4.62. The van der Waals surface area contributed by atoms with Gasteiger partial charge in [-0.05, 0) is 51.0 Å². The summed E-state index contributed by atoms with van der Waals surface area (Å²) in [6.45, 7) is 5.68. The van der Waals surface area contributed by atoms with Crippen molar-refractivity contribution in [2.75, 3.05) is 23.7 Å². The fourth-order valence-electron chi connectivity index (χ4n) is 3.75. The maximum Gasteiger partial charge on any atom is 0.416 e. The molecule has 0 saturated heterocycles. The van der Waals surface area contributed by atoms with E-state index in [1.165, 1.54) is 11.0 Å². The number of carbonyl (C=O) groups excluding carboxylic acids is 2. The molecule has 0 spiro atoms. The zero-order valence-corrected chi connectivity index (χ0v) is 21.6. The lowest BCUT2D eigenvalue weighted by Crippen LogP contribution is -2.47. The Balaban J connectivity index is 2.20. The quantitative estimate of drug-likeness (QED) is 0.477. The molecule has 1 N–H and O–H groups in total. The number of rotatable bonds is 11. The minimum Gasteiger partial charge on any atom is -0.355 e. The van der Waals surface area contributed by atoms with Gasteiger partial charge in [-0.25, -0.2) is 8.42 Å². The van der Waals surface area contributed by atoms with E-state index in [9.17, 15) is 31.2 Å². The number of alkyl halides is 3. The number of halogens is 3. The van der Waals surface area contributed by atoms with Crippen molar-refractivity contribution >= 4 is 27.5 Å². The summed E-state index contributed by atoms with van der Waals surface area (Å²) in [7, 11) is -3.91. The van der Waals surface area contributed by atoms with Crippen LogP contribution in [0, 0.1) is 6.92 Å². The average molecular weight is 528 g/mol. The van der Waals surface area contributed by atoms with E-state index < -0.39 is 27.8 Å². The Bertz CT molecular complexity index is 1170. The predicted molar refractivity (Wildman–Crippen MR) is 133 cm³/mol. The molecule has 2 amide bonds. The lowest BCUT2D eigenvalue weighted by Gasteiger charge is -2.29. The Morgan fingerprint density at radius 1 is 1.08 bits per heavy atom. The number of sulfonamides is 1. The third kappa shape index (κ3) is 8.25. The number of hydrogen-bond acceptors (Lipinski definition) is 4. The molecule has 11 heteroatoms. The van der Waals surface area contributed by atoms with E-state index >= 15 is 0 Å². The molecule has 2 rings (SSSR count). The zero-order valence-electron chi connectivity index (χ0n) is 20.8. The number of benzene rings is 2. The van der Waals surface area contributed by atoms with Crippen molar-refractivity contribution in [3.8, 4) is 0 Å². The molecule has 0 radical (unpaired) electrons. The zero-order chi connectivity index (χ0) is 27.1. The molecule has 0 aliphatic rings. The summed E-state index contributed by atoms with van der Waals surface area (Å²) in [5.41, 5.74) is 0.730. The highest BCUT2D eigenvalue weighted by Crippen LogP contribution is 2.32. The van der Waals surface area contributed by atoms with Crippen LogP contribution in [0.2, 0.25) is 0 Å². The second-order valence-corrected chi connectivity index (χ2v) is 10.5. The molecule has 7 nitrogen and oxygen atoms in total. The van der Waals surface area contributed by atoms with E-state index in [1.807, 2.05) is 31.2 Å². The second-order valence-electron chi connectivity index (χ2n) is 8.57. The molecule has 36 heavy (non-hydrogen) atoms. The number of hydrogen-bond donors (Lipinski definition) is 1. The van der Waals surface area contributed by atoms with Crippen LogP contribution in [0.3, 0.4) is 0 Å². The van der Waals surface area contributed by atoms with Crippen LogP contribution in [0.4, 0.5) is 18.9 Å². The monoisotopic (exact) mass is 527 g/mol. The Kier molecular flexibility index (Phi) is 9.92. The molecule has 2 aromatic rings. The number of nitrogens with zero attached hydrogens (tertiary/aromatic N) is 2. The molecule has 0 heterocycles. The van der Waals surface area contributed by atoms with Crippen LogP contribution in [-0.2, 0) is 32.3 Å². The van der Waals surface area contributed by atoms with Crippen molar-refractivity contribution in [2.45, 2.75) is 52.4 Å². The molecule has 0 saturated carbocycles. The van der Waals surface area contributed by atoms with Gasteiger partial charge < -0.3 is 10.2 Å². The van der Waals surface area contributed by atoms with Gasteiger partial charge in [0, 0.05) is 26.1 Å². The molecular formula is C25H32F3N3O4S. The normalized spacial score (nSPS) is 12.6. The molecule has 1 unspecified atom stereocenters. The van der Waals surface area contributed by atoms with E-state index in [-0.39, 0.29) is 43.4 Å². The summed E-state index contributed by atoms with van der Waals surface area (Å²) in [6.07, 6.45) is -3.77. The van der Waals surface area contributed by atoms with Crippen LogP contribution in [0.25, 0.3) is 0 Å². The standard InChI is InChI=1S/C25H32F3N3O4S/c1-5-29-24(33)19(3)30(17-20-10-6-9-18(2)15-20)23(32)13-8-14-31(36(4,34)35)22-12-7-11-21(16-22)25(26,27)28/h6-7,9-12,15-16,19H,5,8,13-14,17H2,1-4H3,(H,29,33). The lowest BCUT2D eigenvalue weighted by molar-refractivity contribution is -0.140. The highest BCUT2D eigenvalue weighted by molar-refractivity contribution is 7.92. The topological polar surface area (TPSA) is 86.8 Å². The molecule has 2 aromatic carbocycles. The molecule has 0 bridgehead atoms. The van der Waals surface area contributed by atoms with Gasteiger partial charge >= 0.3 is 6.18 Å². The molecule has 198 valence electrons. The fourth-order valence-corrected chi connectivity index (χ4v) is 4.71. The van der Waals surface area contributed by atoms with E-state index in [0.29, 0.717) is 6.54 Å². The van der Waals surface area contributed by atoms with Gasteiger partial charge in [0.25, 0.3) is 0 Å². The first-order valence-corrected chi connectivity index (χ1v) is 13.4. The third-order valence-electron chi connectivity index (χ3n) is 5.57. The van der Waals surface area contributed by atoms with E-state index in [2.05, 4.69) is 5.32 Å². The van der Waals surface area contributed by atoms with Crippen LogP contribution in [-0.4, -0.2) is 50.5 Å². The highest BCUT2D eigenvalue weighted by atomic mass is 32.2. The first-order valence-electron chi connectivity index (χ1n) is 11.5. The maximum absolute atomic E-state index is 13.2.